The lowest BCUT2D eigenvalue weighted by molar-refractivity contribution is 0.354. The van der Waals surface area contributed by atoms with Crippen LogP contribution in [0.15, 0.2) is 36.5 Å². The van der Waals surface area contributed by atoms with Gasteiger partial charge in [0.2, 0.25) is 5.95 Å². The van der Waals surface area contributed by atoms with Crippen LogP contribution in [0, 0.1) is 5.95 Å². The summed E-state index contributed by atoms with van der Waals surface area (Å²) in [4.78, 5) is 3.61. The zero-order chi connectivity index (χ0) is 14.5. The van der Waals surface area contributed by atoms with Crippen LogP contribution in [0.1, 0.15) is 18.5 Å². The van der Waals surface area contributed by atoms with Crippen molar-refractivity contribution in [2.45, 2.75) is 13.0 Å². The van der Waals surface area contributed by atoms with E-state index < -0.39 is 5.95 Å². The standard InChI is InChI=1S/C15H17FN2O2/c1-10(18-12-5-7-15(16)17-9-12)11-4-6-13(19-2)14(8-11)20-3/h4-10,18H,1-3H3. The van der Waals surface area contributed by atoms with Crippen molar-refractivity contribution in [3.8, 4) is 11.5 Å². The number of aromatic nitrogens is 1. The third-order valence-electron chi connectivity index (χ3n) is 3.02. The van der Waals surface area contributed by atoms with Crippen LogP contribution in [-0.2, 0) is 0 Å². The molecule has 2 rings (SSSR count). The quantitative estimate of drug-likeness (QED) is 0.850. The van der Waals surface area contributed by atoms with Gasteiger partial charge < -0.3 is 14.8 Å². The smallest absolute Gasteiger partial charge is 0.212 e. The predicted octanol–water partition coefficient (Wildman–Crippen LogP) is 3.41. The summed E-state index contributed by atoms with van der Waals surface area (Å²) in [5.74, 6) is 0.872. The third-order valence-corrected chi connectivity index (χ3v) is 3.02. The van der Waals surface area contributed by atoms with Crippen LogP contribution >= 0.6 is 0 Å². The number of methoxy groups -OCH3 is 2. The normalized spacial score (nSPS) is 11.8. The summed E-state index contributed by atoms with van der Waals surface area (Å²) in [6.45, 7) is 2.00. The fraction of sp³-hybridized carbons (Fsp3) is 0.267. The molecule has 20 heavy (non-hydrogen) atoms. The van der Waals surface area contributed by atoms with Crippen LogP contribution < -0.4 is 14.8 Å². The predicted molar refractivity (Wildman–Crippen MR) is 75.8 cm³/mol. The van der Waals surface area contributed by atoms with Gasteiger partial charge in [-0.15, -0.1) is 0 Å². The summed E-state index contributed by atoms with van der Waals surface area (Å²) < 4.78 is 23.2. The van der Waals surface area contributed by atoms with E-state index in [-0.39, 0.29) is 6.04 Å². The summed E-state index contributed by atoms with van der Waals surface area (Å²) in [7, 11) is 3.20. The number of pyridine rings is 1. The Morgan fingerprint density at radius 2 is 1.85 bits per heavy atom. The van der Waals surface area contributed by atoms with E-state index in [0.29, 0.717) is 11.5 Å². The van der Waals surface area contributed by atoms with Crippen LogP contribution in [-0.4, -0.2) is 19.2 Å². The molecule has 0 fully saturated rings. The van der Waals surface area contributed by atoms with E-state index in [2.05, 4.69) is 10.3 Å². The molecule has 1 atom stereocenters. The van der Waals surface area contributed by atoms with Gasteiger partial charge >= 0.3 is 0 Å². The van der Waals surface area contributed by atoms with Gasteiger partial charge in [-0.2, -0.15) is 4.39 Å². The Morgan fingerprint density at radius 3 is 2.45 bits per heavy atom. The Kier molecular flexibility index (Phi) is 4.40. The van der Waals surface area contributed by atoms with Crippen molar-refractivity contribution in [2.75, 3.05) is 19.5 Å². The van der Waals surface area contributed by atoms with Crippen molar-refractivity contribution >= 4 is 5.69 Å². The summed E-state index contributed by atoms with van der Waals surface area (Å²) in [6, 6.07) is 8.73. The molecule has 0 saturated carbocycles. The van der Waals surface area contributed by atoms with Gasteiger partial charge in [-0.25, -0.2) is 4.98 Å². The lowest BCUT2D eigenvalue weighted by Gasteiger charge is -2.17. The van der Waals surface area contributed by atoms with E-state index >= 15 is 0 Å². The van der Waals surface area contributed by atoms with Crippen molar-refractivity contribution in [1.82, 2.24) is 4.98 Å². The molecule has 106 valence electrons. The molecule has 1 aromatic heterocycles. The largest absolute Gasteiger partial charge is 0.493 e. The van der Waals surface area contributed by atoms with E-state index in [0.717, 1.165) is 11.3 Å². The molecule has 0 saturated heterocycles. The molecule has 2 aromatic rings. The molecular formula is C15H17FN2O2. The second-order valence-electron chi connectivity index (χ2n) is 4.35. The highest BCUT2D eigenvalue weighted by Gasteiger charge is 2.10. The highest BCUT2D eigenvalue weighted by atomic mass is 19.1. The number of hydrogen-bond donors (Lipinski definition) is 1. The fourth-order valence-electron chi connectivity index (χ4n) is 1.92. The van der Waals surface area contributed by atoms with E-state index in [1.54, 1.807) is 20.3 Å². The van der Waals surface area contributed by atoms with Gasteiger partial charge in [-0.05, 0) is 36.8 Å². The van der Waals surface area contributed by atoms with Gasteiger partial charge in [0, 0.05) is 6.04 Å². The number of hydrogen-bond acceptors (Lipinski definition) is 4. The molecule has 0 spiro atoms. The summed E-state index contributed by atoms with van der Waals surface area (Å²) in [5.41, 5.74) is 1.79. The average molecular weight is 276 g/mol. The molecule has 1 aromatic carbocycles. The second kappa shape index (κ2) is 6.23. The minimum atomic E-state index is -0.491. The average Bonchev–Trinajstić information content (AvgIpc) is 2.48. The summed E-state index contributed by atoms with van der Waals surface area (Å²) in [6.07, 6.45) is 1.46. The molecule has 1 heterocycles. The Hall–Kier alpha value is -2.30. The minimum absolute atomic E-state index is 0.0297. The number of halogens is 1. The van der Waals surface area contributed by atoms with E-state index in [4.69, 9.17) is 9.47 Å². The molecule has 0 bridgehead atoms. The second-order valence-corrected chi connectivity index (χ2v) is 4.35. The van der Waals surface area contributed by atoms with Crippen LogP contribution in [0.3, 0.4) is 0 Å². The topological polar surface area (TPSA) is 43.4 Å². The van der Waals surface area contributed by atoms with Crippen LogP contribution in [0.2, 0.25) is 0 Å². The van der Waals surface area contributed by atoms with Crippen LogP contribution in [0.4, 0.5) is 10.1 Å². The number of ether oxygens (including phenoxy) is 2. The fourth-order valence-corrected chi connectivity index (χ4v) is 1.92. The number of nitrogens with one attached hydrogen (secondary N) is 1. The summed E-state index contributed by atoms with van der Waals surface area (Å²) >= 11 is 0. The molecule has 0 aliphatic carbocycles. The molecule has 1 unspecified atom stereocenters. The highest BCUT2D eigenvalue weighted by Crippen LogP contribution is 2.30. The molecule has 0 aliphatic rings. The van der Waals surface area contributed by atoms with Gasteiger partial charge in [-0.1, -0.05) is 6.07 Å². The van der Waals surface area contributed by atoms with Gasteiger partial charge in [0.25, 0.3) is 0 Å². The van der Waals surface area contributed by atoms with Crippen molar-refractivity contribution in [2.24, 2.45) is 0 Å². The number of nitrogens with zero attached hydrogens (tertiary/aromatic N) is 1. The third kappa shape index (κ3) is 3.17. The maximum Gasteiger partial charge on any atom is 0.212 e. The molecule has 5 heteroatoms. The van der Waals surface area contributed by atoms with Crippen molar-refractivity contribution in [1.29, 1.82) is 0 Å². The monoisotopic (exact) mass is 276 g/mol. The van der Waals surface area contributed by atoms with Gasteiger partial charge in [0.05, 0.1) is 26.1 Å². The number of benzene rings is 1. The van der Waals surface area contributed by atoms with Crippen molar-refractivity contribution in [3.63, 3.8) is 0 Å². The highest BCUT2D eigenvalue weighted by molar-refractivity contribution is 5.47. The number of rotatable bonds is 5. The Balaban J connectivity index is 2.16. The molecule has 0 radical (unpaired) electrons. The maximum atomic E-state index is 12.8. The molecule has 4 nitrogen and oxygen atoms in total. The van der Waals surface area contributed by atoms with E-state index in [9.17, 15) is 4.39 Å². The van der Waals surface area contributed by atoms with Gasteiger partial charge in [0.15, 0.2) is 11.5 Å². The Labute approximate surface area is 117 Å². The molecule has 0 amide bonds. The lowest BCUT2D eigenvalue weighted by atomic mass is 10.1. The SMILES string of the molecule is COc1ccc(C(C)Nc2ccc(F)nc2)cc1OC. The molecule has 0 aliphatic heterocycles. The van der Waals surface area contributed by atoms with Crippen molar-refractivity contribution < 1.29 is 13.9 Å². The first-order valence-electron chi connectivity index (χ1n) is 6.24. The molecule has 1 N–H and O–H groups in total. The van der Waals surface area contributed by atoms with Crippen LogP contribution in [0.5, 0.6) is 11.5 Å². The minimum Gasteiger partial charge on any atom is -0.493 e. The van der Waals surface area contributed by atoms with E-state index in [1.165, 1.54) is 12.3 Å². The van der Waals surface area contributed by atoms with Crippen LogP contribution in [0.25, 0.3) is 0 Å². The van der Waals surface area contributed by atoms with Gasteiger partial charge in [-0.3, -0.25) is 0 Å². The zero-order valence-electron chi connectivity index (χ0n) is 11.7. The Morgan fingerprint density at radius 1 is 1.10 bits per heavy atom. The first-order chi connectivity index (χ1) is 9.63. The first-order valence-corrected chi connectivity index (χ1v) is 6.24. The number of anilines is 1. The summed E-state index contributed by atoms with van der Waals surface area (Å²) in [5, 5.41) is 3.25. The van der Waals surface area contributed by atoms with E-state index in [1.807, 2.05) is 25.1 Å². The molecular weight excluding hydrogens is 259 g/mol. The maximum absolute atomic E-state index is 12.8. The zero-order valence-corrected chi connectivity index (χ0v) is 11.7. The lowest BCUT2D eigenvalue weighted by Crippen LogP contribution is -2.07. The van der Waals surface area contributed by atoms with Crippen molar-refractivity contribution in [3.05, 3.63) is 48.0 Å². The van der Waals surface area contributed by atoms with Gasteiger partial charge in [0.1, 0.15) is 0 Å². The first kappa shape index (κ1) is 14.1. The Bertz CT molecular complexity index is 573.